The van der Waals surface area contributed by atoms with Gasteiger partial charge in [-0.2, -0.15) is 0 Å². The van der Waals surface area contributed by atoms with Gasteiger partial charge in [-0.05, 0) is 45.8 Å². The highest BCUT2D eigenvalue weighted by Gasteiger charge is 2.16. The molecule has 0 saturated carbocycles. The fraction of sp³-hybridized carbons (Fsp3) is 0. The molecule has 0 radical (unpaired) electrons. The lowest BCUT2D eigenvalue weighted by molar-refractivity contribution is 0.0944. The maximum absolute atomic E-state index is 12.0. The van der Waals surface area contributed by atoms with E-state index < -0.39 is 11.8 Å². The second kappa shape index (κ2) is 5.44. The third-order valence-electron chi connectivity index (χ3n) is 3.63. The standard InChI is InChI=1S/C16H14N4O2/c17-19-15(21)11-5-6-12(16(22)20-18)14-8-10-4-2-1-3-9(10)7-13(11)14/h1-8H,17-18H2,(H,19,21)(H,20,22). The van der Waals surface area contributed by atoms with Gasteiger partial charge in [-0.3, -0.25) is 20.4 Å². The van der Waals surface area contributed by atoms with Gasteiger partial charge in [-0.15, -0.1) is 0 Å². The Labute approximate surface area is 126 Å². The largest absolute Gasteiger partial charge is 0.290 e. The van der Waals surface area contributed by atoms with Gasteiger partial charge in [-0.25, -0.2) is 11.7 Å². The number of nitrogen functional groups attached to an aromatic ring is 2. The minimum atomic E-state index is -0.417. The Kier molecular flexibility index (Phi) is 3.46. The van der Waals surface area contributed by atoms with E-state index in [-0.39, 0.29) is 0 Å². The minimum Gasteiger partial charge on any atom is -0.290 e. The Morgan fingerprint density at radius 1 is 0.727 bits per heavy atom. The zero-order valence-electron chi connectivity index (χ0n) is 11.6. The van der Waals surface area contributed by atoms with Crippen molar-refractivity contribution in [2.45, 2.75) is 0 Å². The van der Waals surface area contributed by atoms with Gasteiger partial charge in [0.25, 0.3) is 11.8 Å². The van der Waals surface area contributed by atoms with Gasteiger partial charge in [0.05, 0.1) is 0 Å². The Morgan fingerprint density at radius 2 is 1.14 bits per heavy atom. The molecule has 0 aliphatic carbocycles. The molecule has 0 atom stereocenters. The fourth-order valence-corrected chi connectivity index (χ4v) is 2.58. The molecule has 0 spiro atoms. The van der Waals surface area contributed by atoms with E-state index in [1.54, 1.807) is 12.1 Å². The van der Waals surface area contributed by atoms with Gasteiger partial charge in [0.15, 0.2) is 0 Å². The molecular formula is C16H14N4O2. The van der Waals surface area contributed by atoms with Crippen LogP contribution in [0.25, 0.3) is 21.5 Å². The molecule has 3 aromatic carbocycles. The Morgan fingerprint density at radius 3 is 1.50 bits per heavy atom. The first-order valence-electron chi connectivity index (χ1n) is 6.63. The van der Waals surface area contributed by atoms with E-state index >= 15 is 0 Å². The maximum atomic E-state index is 12.0. The zero-order chi connectivity index (χ0) is 15.7. The summed E-state index contributed by atoms with van der Waals surface area (Å²) in [6.45, 7) is 0. The van der Waals surface area contributed by atoms with Crippen LogP contribution in [-0.2, 0) is 0 Å². The summed E-state index contributed by atoms with van der Waals surface area (Å²) in [6, 6.07) is 14.5. The molecule has 3 rings (SSSR count). The lowest BCUT2D eigenvalue weighted by Gasteiger charge is -2.11. The first-order valence-corrected chi connectivity index (χ1v) is 6.63. The van der Waals surface area contributed by atoms with Crippen LogP contribution in [0.1, 0.15) is 20.7 Å². The zero-order valence-corrected chi connectivity index (χ0v) is 11.6. The highest BCUT2D eigenvalue weighted by atomic mass is 16.2. The molecule has 6 nitrogen and oxygen atoms in total. The van der Waals surface area contributed by atoms with Gasteiger partial charge in [0.2, 0.25) is 0 Å². The molecular weight excluding hydrogens is 280 g/mol. The number of carbonyl (C=O) groups is 2. The molecule has 0 aromatic heterocycles. The van der Waals surface area contributed by atoms with Crippen molar-refractivity contribution >= 4 is 33.4 Å². The number of carbonyl (C=O) groups excluding carboxylic acids is 2. The molecule has 110 valence electrons. The SMILES string of the molecule is NNC(=O)c1ccc(C(=O)NN)c2cc3ccccc3cc12. The number of nitrogens with one attached hydrogen (secondary N) is 2. The van der Waals surface area contributed by atoms with Crippen molar-refractivity contribution in [2.24, 2.45) is 11.7 Å². The van der Waals surface area contributed by atoms with Crippen molar-refractivity contribution in [3.05, 3.63) is 59.7 Å². The molecule has 0 bridgehead atoms. The van der Waals surface area contributed by atoms with Crippen molar-refractivity contribution in [3.8, 4) is 0 Å². The number of hydrazine groups is 2. The molecule has 0 unspecified atom stereocenters. The van der Waals surface area contributed by atoms with E-state index in [4.69, 9.17) is 11.7 Å². The van der Waals surface area contributed by atoms with Crippen molar-refractivity contribution in [2.75, 3.05) is 0 Å². The summed E-state index contributed by atoms with van der Waals surface area (Å²) in [5.74, 6) is 9.63. The summed E-state index contributed by atoms with van der Waals surface area (Å²) in [7, 11) is 0. The molecule has 0 aliphatic rings. The topological polar surface area (TPSA) is 110 Å². The normalized spacial score (nSPS) is 10.6. The smallest absolute Gasteiger partial charge is 0.265 e. The number of fused-ring (bicyclic) bond motifs is 2. The molecule has 0 saturated heterocycles. The van der Waals surface area contributed by atoms with E-state index in [1.807, 2.05) is 36.4 Å². The van der Waals surface area contributed by atoms with E-state index in [2.05, 4.69) is 10.9 Å². The Balaban J connectivity index is 2.43. The van der Waals surface area contributed by atoms with Crippen LogP contribution in [0.15, 0.2) is 48.5 Å². The summed E-state index contributed by atoms with van der Waals surface area (Å²) >= 11 is 0. The van der Waals surface area contributed by atoms with Crippen LogP contribution in [0.4, 0.5) is 0 Å². The Hall–Kier alpha value is -2.96. The molecule has 0 heterocycles. The minimum absolute atomic E-state index is 0.400. The molecule has 2 amide bonds. The van der Waals surface area contributed by atoms with Gasteiger partial charge in [0.1, 0.15) is 0 Å². The van der Waals surface area contributed by atoms with Crippen molar-refractivity contribution in [1.29, 1.82) is 0 Å². The van der Waals surface area contributed by atoms with Crippen LogP contribution in [-0.4, -0.2) is 11.8 Å². The summed E-state index contributed by atoms with van der Waals surface area (Å²) in [4.78, 5) is 23.9. The number of rotatable bonds is 2. The summed E-state index contributed by atoms with van der Waals surface area (Å²) in [5, 5.41) is 3.21. The predicted octanol–water partition coefficient (Wildman–Crippen LogP) is 1.20. The summed E-state index contributed by atoms with van der Waals surface area (Å²) in [6.07, 6.45) is 0. The van der Waals surface area contributed by atoms with Crippen molar-refractivity contribution < 1.29 is 9.59 Å². The predicted molar refractivity (Wildman–Crippen MR) is 84.8 cm³/mol. The molecule has 3 aromatic rings. The van der Waals surface area contributed by atoms with E-state index in [1.165, 1.54) is 0 Å². The van der Waals surface area contributed by atoms with Gasteiger partial charge < -0.3 is 0 Å². The number of hydrogen-bond acceptors (Lipinski definition) is 4. The summed E-state index contributed by atoms with van der Waals surface area (Å²) < 4.78 is 0. The van der Waals surface area contributed by atoms with E-state index in [0.29, 0.717) is 21.9 Å². The Bertz CT molecular complexity index is 831. The van der Waals surface area contributed by atoms with Crippen molar-refractivity contribution in [3.63, 3.8) is 0 Å². The van der Waals surface area contributed by atoms with Crippen LogP contribution in [0.5, 0.6) is 0 Å². The fourth-order valence-electron chi connectivity index (χ4n) is 2.58. The molecule has 6 heteroatoms. The van der Waals surface area contributed by atoms with Gasteiger partial charge in [0, 0.05) is 11.1 Å². The number of amides is 2. The first-order chi connectivity index (χ1) is 10.7. The molecule has 6 N–H and O–H groups in total. The van der Waals surface area contributed by atoms with Crippen LogP contribution in [0, 0.1) is 0 Å². The lowest BCUT2D eigenvalue weighted by Crippen LogP contribution is -2.31. The van der Waals surface area contributed by atoms with E-state index in [0.717, 1.165) is 10.8 Å². The highest BCUT2D eigenvalue weighted by molar-refractivity contribution is 6.16. The second-order valence-electron chi connectivity index (χ2n) is 4.85. The number of nitrogens with two attached hydrogens (primary N) is 2. The molecule has 22 heavy (non-hydrogen) atoms. The van der Waals surface area contributed by atoms with Gasteiger partial charge in [-0.1, -0.05) is 24.3 Å². The summed E-state index contributed by atoms with van der Waals surface area (Å²) in [5.41, 5.74) is 5.04. The van der Waals surface area contributed by atoms with Crippen LogP contribution < -0.4 is 22.5 Å². The third-order valence-corrected chi connectivity index (χ3v) is 3.63. The molecule has 0 fully saturated rings. The van der Waals surface area contributed by atoms with Crippen molar-refractivity contribution in [1.82, 2.24) is 10.9 Å². The average Bonchev–Trinajstić information content (AvgIpc) is 2.57. The van der Waals surface area contributed by atoms with Gasteiger partial charge >= 0.3 is 0 Å². The van der Waals surface area contributed by atoms with Crippen LogP contribution in [0.3, 0.4) is 0 Å². The third kappa shape index (κ3) is 2.16. The number of benzene rings is 3. The average molecular weight is 294 g/mol. The highest BCUT2D eigenvalue weighted by Crippen LogP contribution is 2.28. The van der Waals surface area contributed by atoms with E-state index in [9.17, 15) is 9.59 Å². The lowest BCUT2D eigenvalue weighted by atomic mass is 9.95. The number of hydrogen-bond donors (Lipinski definition) is 4. The second-order valence-corrected chi connectivity index (χ2v) is 4.85. The maximum Gasteiger partial charge on any atom is 0.265 e. The monoisotopic (exact) mass is 294 g/mol. The molecule has 0 aliphatic heterocycles. The first kappa shape index (κ1) is 14.0. The van der Waals surface area contributed by atoms with Crippen LogP contribution in [0.2, 0.25) is 0 Å². The quantitative estimate of drug-likeness (QED) is 0.246. The van der Waals surface area contributed by atoms with Crippen LogP contribution >= 0.6 is 0 Å².